The topological polar surface area (TPSA) is 12.0 Å². The minimum absolute atomic E-state index is 0.334. The molecule has 1 fully saturated rings. The summed E-state index contributed by atoms with van der Waals surface area (Å²) in [7, 11) is 0. The lowest BCUT2D eigenvalue weighted by atomic mass is 9.71. The molecule has 2 heteroatoms. The Kier molecular flexibility index (Phi) is 4.66. The van der Waals surface area contributed by atoms with Gasteiger partial charge < -0.3 is 5.32 Å². The molecule has 1 saturated carbocycles. The highest BCUT2D eigenvalue weighted by molar-refractivity contribution is 7.99. The zero-order valence-corrected chi connectivity index (χ0v) is 14.5. The molecule has 3 rings (SSSR count). The normalized spacial score (nSPS) is 31.7. The van der Waals surface area contributed by atoms with E-state index < -0.39 is 0 Å². The fourth-order valence-electron chi connectivity index (χ4n) is 4.21. The second-order valence-electron chi connectivity index (χ2n) is 7.39. The third kappa shape index (κ3) is 3.17. The maximum absolute atomic E-state index is 4.03. The van der Waals surface area contributed by atoms with E-state index in [1.165, 1.54) is 38.5 Å². The van der Waals surface area contributed by atoms with Crippen molar-refractivity contribution in [3.63, 3.8) is 0 Å². The van der Waals surface area contributed by atoms with E-state index in [0.717, 1.165) is 5.25 Å². The molecule has 3 unspecified atom stereocenters. The van der Waals surface area contributed by atoms with Gasteiger partial charge in [-0.1, -0.05) is 51.0 Å². The van der Waals surface area contributed by atoms with Crippen molar-refractivity contribution in [3.05, 3.63) is 35.4 Å². The largest absolute Gasteiger partial charge is 0.306 e. The lowest BCUT2D eigenvalue weighted by Gasteiger charge is -2.41. The van der Waals surface area contributed by atoms with Gasteiger partial charge in [0.25, 0.3) is 0 Å². The van der Waals surface area contributed by atoms with Crippen molar-refractivity contribution >= 4 is 11.8 Å². The van der Waals surface area contributed by atoms with Crippen LogP contribution in [0.4, 0.5) is 0 Å². The Hall–Kier alpha value is -0.470. The van der Waals surface area contributed by atoms with Crippen LogP contribution in [-0.4, -0.2) is 17.5 Å². The Bertz CT molecular complexity index is 482. The van der Waals surface area contributed by atoms with E-state index in [2.05, 4.69) is 61.4 Å². The van der Waals surface area contributed by atoms with Crippen molar-refractivity contribution in [1.29, 1.82) is 0 Å². The summed E-state index contributed by atoms with van der Waals surface area (Å²) >= 11 is 2.06. The second kappa shape index (κ2) is 6.34. The zero-order chi connectivity index (χ0) is 14.9. The van der Waals surface area contributed by atoms with Gasteiger partial charge in [0.1, 0.15) is 0 Å². The molecule has 0 bridgehead atoms. The lowest BCUT2D eigenvalue weighted by molar-refractivity contribution is 0.299. The molecular weight excluding hydrogens is 274 g/mol. The van der Waals surface area contributed by atoms with Crippen LogP contribution in [0.3, 0.4) is 0 Å². The molecule has 1 aromatic rings. The Labute approximate surface area is 134 Å². The molecule has 0 heterocycles. The van der Waals surface area contributed by atoms with Crippen LogP contribution < -0.4 is 5.32 Å². The van der Waals surface area contributed by atoms with Crippen molar-refractivity contribution in [3.8, 4) is 0 Å². The van der Waals surface area contributed by atoms with Gasteiger partial charge in [-0.15, -0.1) is 0 Å². The molecule has 21 heavy (non-hydrogen) atoms. The zero-order valence-electron chi connectivity index (χ0n) is 13.7. The molecule has 0 spiro atoms. The number of thioether (sulfide) groups is 1. The molecule has 0 amide bonds. The number of hydrogen-bond donors (Lipinski definition) is 1. The molecule has 2 aliphatic carbocycles. The van der Waals surface area contributed by atoms with E-state index in [1.807, 2.05) is 0 Å². The van der Waals surface area contributed by atoms with Gasteiger partial charge in [0.05, 0.1) is 0 Å². The summed E-state index contributed by atoms with van der Waals surface area (Å²) in [6.07, 6.45) is 10.4. The third-order valence-corrected chi connectivity index (χ3v) is 6.71. The summed E-state index contributed by atoms with van der Waals surface area (Å²) in [4.78, 5) is 0. The lowest BCUT2D eigenvalue weighted by Crippen LogP contribution is -2.44. The van der Waals surface area contributed by atoms with Gasteiger partial charge in [-0.25, -0.2) is 0 Å². The Balaban J connectivity index is 1.80. The SMILES string of the molecule is CSC1CCCCC1NC1CCC(C)(C)c2ccccc21. The van der Waals surface area contributed by atoms with Crippen LogP contribution in [0.2, 0.25) is 0 Å². The van der Waals surface area contributed by atoms with Crippen LogP contribution in [0.15, 0.2) is 24.3 Å². The van der Waals surface area contributed by atoms with E-state index in [0.29, 0.717) is 17.5 Å². The predicted octanol–water partition coefficient (Wildman–Crippen LogP) is 5.06. The van der Waals surface area contributed by atoms with Crippen molar-refractivity contribution in [1.82, 2.24) is 5.32 Å². The first-order valence-corrected chi connectivity index (χ1v) is 9.79. The Morgan fingerprint density at radius 1 is 1.10 bits per heavy atom. The summed E-state index contributed by atoms with van der Waals surface area (Å²) in [5.74, 6) is 0. The highest BCUT2D eigenvalue weighted by Gasteiger charge is 2.34. The first-order chi connectivity index (χ1) is 10.1. The van der Waals surface area contributed by atoms with Gasteiger partial charge in [0.2, 0.25) is 0 Å². The highest BCUT2D eigenvalue weighted by atomic mass is 32.2. The van der Waals surface area contributed by atoms with Crippen molar-refractivity contribution in [2.24, 2.45) is 0 Å². The first kappa shape index (κ1) is 15.4. The van der Waals surface area contributed by atoms with Crippen molar-refractivity contribution < 1.29 is 0 Å². The number of fused-ring (bicyclic) bond motifs is 1. The molecule has 1 nitrogen and oxygen atoms in total. The van der Waals surface area contributed by atoms with Gasteiger partial charge in [-0.2, -0.15) is 11.8 Å². The molecule has 1 aromatic carbocycles. The third-order valence-electron chi connectivity index (χ3n) is 5.54. The summed E-state index contributed by atoms with van der Waals surface area (Å²) in [6, 6.07) is 10.4. The van der Waals surface area contributed by atoms with Crippen LogP contribution in [0.1, 0.15) is 69.5 Å². The molecule has 0 aliphatic heterocycles. The molecule has 116 valence electrons. The molecule has 1 N–H and O–H groups in total. The number of rotatable bonds is 3. The molecule has 0 aromatic heterocycles. The number of nitrogens with one attached hydrogen (secondary N) is 1. The summed E-state index contributed by atoms with van der Waals surface area (Å²) < 4.78 is 0. The molecule has 0 radical (unpaired) electrons. The van der Waals surface area contributed by atoms with Crippen LogP contribution in [0.25, 0.3) is 0 Å². The smallest absolute Gasteiger partial charge is 0.0326 e. The summed E-state index contributed by atoms with van der Waals surface area (Å²) in [6.45, 7) is 4.79. The van der Waals surface area contributed by atoms with Crippen LogP contribution in [-0.2, 0) is 5.41 Å². The van der Waals surface area contributed by atoms with Gasteiger partial charge in [-0.3, -0.25) is 0 Å². The fourth-order valence-corrected chi connectivity index (χ4v) is 5.16. The van der Waals surface area contributed by atoms with E-state index in [1.54, 1.807) is 11.1 Å². The quantitative estimate of drug-likeness (QED) is 0.837. The van der Waals surface area contributed by atoms with Gasteiger partial charge in [-0.05, 0) is 48.5 Å². The maximum Gasteiger partial charge on any atom is 0.0326 e. The minimum Gasteiger partial charge on any atom is -0.306 e. The molecule has 2 aliphatic rings. The molecule has 0 saturated heterocycles. The van der Waals surface area contributed by atoms with E-state index in [-0.39, 0.29) is 0 Å². The average molecular weight is 304 g/mol. The van der Waals surface area contributed by atoms with Gasteiger partial charge in [0, 0.05) is 17.3 Å². The Morgan fingerprint density at radius 2 is 1.86 bits per heavy atom. The van der Waals surface area contributed by atoms with E-state index in [9.17, 15) is 0 Å². The summed E-state index contributed by atoms with van der Waals surface area (Å²) in [5.41, 5.74) is 3.45. The number of benzene rings is 1. The van der Waals surface area contributed by atoms with Crippen molar-refractivity contribution in [2.75, 3.05) is 6.26 Å². The van der Waals surface area contributed by atoms with Gasteiger partial charge >= 0.3 is 0 Å². The minimum atomic E-state index is 0.334. The molecule has 3 atom stereocenters. The van der Waals surface area contributed by atoms with E-state index in [4.69, 9.17) is 0 Å². The average Bonchev–Trinajstić information content (AvgIpc) is 2.51. The predicted molar refractivity (Wildman–Crippen MR) is 94.1 cm³/mol. The number of hydrogen-bond acceptors (Lipinski definition) is 2. The van der Waals surface area contributed by atoms with Crippen LogP contribution in [0, 0.1) is 0 Å². The van der Waals surface area contributed by atoms with E-state index >= 15 is 0 Å². The molecular formula is C19H29NS. The standard InChI is InChI=1S/C19H29NS/c1-19(2)13-12-16(14-8-4-5-9-15(14)19)20-17-10-6-7-11-18(17)21-3/h4-5,8-9,16-18,20H,6-7,10-13H2,1-3H3. The maximum atomic E-state index is 4.03. The van der Waals surface area contributed by atoms with Crippen molar-refractivity contribution in [2.45, 2.75) is 75.1 Å². The Morgan fingerprint density at radius 3 is 2.67 bits per heavy atom. The highest BCUT2D eigenvalue weighted by Crippen LogP contribution is 2.42. The van der Waals surface area contributed by atoms with Crippen LogP contribution in [0.5, 0.6) is 0 Å². The van der Waals surface area contributed by atoms with Gasteiger partial charge in [0.15, 0.2) is 0 Å². The second-order valence-corrected chi connectivity index (χ2v) is 8.47. The monoisotopic (exact) mass is 303 g/mol. The van der Waals surface area contributed by atoms with Crippen LogP contribution >= 0.6 is 11.8 Å². The first-order valence-electron chi connectivity index (χ1n) is 8.50. The summed E-state index contributed by atoms with van der Waals surface area (Å²) in [5, 5.41) is 4.84. The fraction of sp³-hybridized carbons (Fsp3) is 0.684.